The zero-order valence-corrected chi connectivity index (χ0v) is 50.9. The molecule has 1 aliphatic heterocycles. The number of likely N-dealkylation sites (N-methyl/N-ethyl adjacent to an activating group) is 1. The highest BCUT2D eigenvalue weighted by Gasteiger charge is 2.09. The maximum atomic E-state index is 11.5. The fourth-order valence-electron chi connectivity index (χ4n) is 7.66. The smallest absolute Gasteiger partial charge is 0.253 e. The Morgan fingerprint density at radius 3 is 1.49 bits per heavy atom. The van der Waals surface area contributed by atoms with E-state index in [9.17, 15) is 9.59 Å². The summed E-state index contributed by atoms with van der Waals surface area (Å²) in [5, 5.41) is 0. The highest BCUT2D eigenvalue weighted by molar-refractivity contribution is 5.32. The molecule has 0 amide bonds. The Labute approximate surface area is 467 Å². The summed E-state index contributed by atoms with van der Waals surface area (Å²) in [6.45, 7) is 36.9. The Balaban J connectivity index is 0.000000450. The van der Waals surface area contributed by atoms with Crippen molar-refractivity contribution in [1.82, 2.24) is 34.0 Å². The van der Waals surface area contributed by atoms with Crippen molar-refractivity contribution in [3.63, 3.8) is 0 Å². The van der Waals surface area contributed by atoms with Gasteiger partial charge < -0.3 is 14.0 Å². The highest BCUT2D eigenvalue weighted by atomic mass is 16.1. The lowest BCUT2D eigenvalue weighted by atomic mass is 9.91. The van der Waals surface area contributed by atoms with Crippen LogP contribution in [0.2, 0.25) is 0 Å². The van der Waals surface area contributed by atoms with E-state index in [0.717, 1.165) is 72.5 Å². The van der Waals surface area contributed by atoms with Crippen LogP contribution in [0.3, 0.4) is 0 Å². The first-order chi connectivity index (χ1) is 36.4. The summed E-state index contributed by atoms with van der Waals surface area (Å²) in [7, 11) is 5.58. The number of rotatable bonds is 14. The first kappa shape index (κ1) is 68.5. The molecule has 4 aromatic heterocycles. The van der Waals surface area contributed by atoms with Gasteiger partial charge in [-0.25, -0.2) is 19.9 Å². The van der Waals surface area contributed by atoms with Gasteiger partial charge in [0, 0.05) is 88.3 Å². The Hall–Kier alpha value is -6.48. The SMILES string of the molecule is C=C1C=CC(CC(C)C)=CN1C.CC(C)C(C)c1ccccc1.CC(C)Cc1ccccc1.CC(C)Cc1cccn(C)c1=O.CC(C)Cc1ccn(C)c(=O)c1.CC(C)Cc1cncnc1.CC(C)Cc1ncccn1. The van der Waals surface area contributed by atoms with Crippen LogP contribution in [-0.4, -0.2) is 41.0 Å². The molecule has 0 saturated heterocycles. The van der Waals surface area contributed by atoms with E-state index in [4.69, 9.17) is 0 Å². The van der Waals surface area contributed by atoms with Gasteiger partial charge in [0.15, 0.2) is 0 Å². The molecule has 7 rings (SSSR count). The third kappa shape index (κ3) is 33.3. The van der Waals surface area contributed by atoms with Crippen LogP contribution in [-0.2, 0) is 46.2 Å². The van der Waals surface area contributed by atoms with Crippen LogP contribution in [0.1, 0.15) is 150 Å². The first-order valence-corrected chi connectivity index (χ1v) is 28.1. The molecule has 0 saturated carbocycles. The van der Waals surface area contributed by atoms with Crippen LogP contribution < -0.4 is 11.1 Å². The predicted octanol–water partition coefficient (Wildman–Crippen LogP) is 15.8. The van der Waals surface area contributed by atoms with Gasteiger partial charge >= 0.3 is 0 Å². The number of hydrogen-bond donors (Lipinski definition) is 0. The van der Waals surface area contributed by atoms with Gasteiger partial charge in [-0.05, 0) is 132 Å². The highest BCUT2D eigenvalue weighted by Crippen LogP contribution is 2.23. The van der Waals surface area contributed by atoms with E-state index < -0.39 is 0 Å². The van der Waals surface area contributed by atoms with Crippen molar-refractivity contribution in [2.45, 2.75) is 148 Å². The standard InChI is InChI=1S/C11H17N.C11H16.2C10H15NO.C10H14.2C8H12N2/c1-9(2)7-11-6-5-10(3)12(4)8-11;1-9(2)10(3)11-7-5-4-6-8-11;1-8(2)6-9-4-5-11(3)10(12)7-9;1-8(2)7-9-5-4-6-11(3)10(9)12;1-9(2)8-10-6-4-3-5-7-10;1-7(2)3-8-4-9-6-10-5-8;1-7(2)6-8-9-4-3-5-10-8/h5-6,8-9H,3,7H2,1-2,4H3;4-10H,1-3H3;4-5,7-8H,6H2,1-3H3;4-6,8H,7H2,1-3H3;3-7,9H,8H2,1-2H3;4-7H,3H2,1-2H3;3-5,7H,6H2,1-2H3. The van der Waals surface area contributed by atoms with E-state index in [2.05, 4.69) is 214 Å². The monoisotopic (exact) mass is 1050 g/mol. The summed E-state index contributed by atoms with van der Waals surface area (Å²) in [5.41, 5.74) is 8.81. The number of nitrogens with zero attached hydrogens (tertiary/aromatic N) is 7. The van der Waals surface area contributed by atoms with Crippen molar-refractivity contribution in [3.8, 4) is 0 Å². The average Bonchev–Trinajstić information content (AvgIpc) is 3.36. The fourth-order valence-corrected chi connectivity index (χ4v) is 7.66. The third-order valence-corrected chi connectivity index (χ3v) is 11.9. The van der Waals surface area contributed by atoms with Gasteiger partial charge in [0.1, 0.15) is 12.2 Å². The number of aryl methyl sites for hydroxylation is 2. The summed E-state index contributed by atoms with van der Waals surface area (Å²) in [5.74, 6) is 6.32. The maximum Gasteiger partial charge on any atom is 0.253 e. The van der Waals surface area contributed by atoms with Crippen LogP contribution >= 0.6 is 0 Å². The lowest BCUT2D eigenvalue weighted by molar-refractivity contribution is 0.535. The molecule has 0 radical (unpaired) electrons. The molecule has 2 aromatic carbocycles. The Kier molecular flexibility index (Phi) is 34.7. The molecule has 0 fully saturated rings. The van der Waals surface area contributed by atoms with Gasteiger partial charge in [-0.2, -0.15) is 0 Å². The Bertz CT molecular complexity index is 2520. The van der Waals surface area contributed by atoms with Crippen molar-refractivity contribution >= 4 is 0 Å². The normalized spacial score (nSPS) is 11.9. The lowest BCUT2D eigenvalue weighted by Gasteiger charge is -2.20. The molecule has 0 bridgehead atoms. The van der Waals surface area contributed by atoms with Gasteiger partial charge in [0.25, 0.3) is 11.1 Å². The summed E-state index contributed by atoms with van der Waals surface area (Å²) in [4.78, 5) is 40.8. The maximum absolute atomic E-state index is 11.5. The molecule has 420 valence electrons. The number of aromatic nitrogens is 6. The van der Waals surface area contributed by atoms with Crippen molar-refractivity contribution < 1.29 is 0 Å². The van der Waals surface area contributed by atoms with Crippen LogP contribution in [0.4, 0.5) is 0 Å². The van der Waals surface area contributed by atoms with E-state index in [0.29, 0.717) is 29.6 Å². The van der Waals surface area contributed by atoms with Crippen molar-refractivity contribution in [3.05, 3.63) is 225 Å². The Morgan fingerprint density at radius 1 is 0.494 bits per heavy atom. The van der Waals surface area contributed by atoms with E-state index in [1.54, 1.807) is 54.2 Å². The number of hydrogen-bond acceptors (Lipinski definition) is 7. The molecule has 9 heteroatoms. The van der Waals surface area contributed by atoms with E-state index in [1.807, 2.05) is 49.9 Å². The van der Waals surface area contributed by atoms with Crippen molar-refractivity contribution in [1.29, 1.82) is 0 Å². The summed E-state index contributed by atoms with van der Waals surface area (Å²) in [6.07, 6.45) is 25.1. The molecule has 1 unspecified atom stereocenters. The van der Waals surface area contributed by atoms with E-state index >= 15 is 0 Å². The van der Waals surface area contributed by atoms with Crippen LogP contribution in [0, 0.1) is 41.4 Å². The molecule has 9 nitrogen and oxygen atoms in total. The summed E-state index contributed by atoms with van der Waals surface area (Å²) >= 11 is 0. The summed E-state index contributed by atoms with van der Waals surface area (Å²) < 4.78 is 3.21. The minimum absolute atomic E-state index is 0.0770. The van der Waals surface area contributed by atoms with Gasteiger partial charge in [0.2, 0.25) is 0 Å². The molecular formula is C68H101N7O2. The first-order valence-electron chi connectivity index (χ1n) is 28.1. The molecule has 6 aromatic rings. The zero-order chi connectivity index (χ0) is 57.9. The molecule has 0 spiro atoms. The molecule has 77 heavy (non-hydrogen) atoms. The van der Waals surface area contributed by atoms with Crippen LogP contribution in [0.5, 0.6) is 0 Å². The second kappa shape index (κ2) is 39.0. The molecular weight excluding hydrogens is 947 g/mol. The number of benzene rings is 2. The molecule has 1 aliphatic rings. The molecule has 5 heterocycles. The van der Waals surface area contributed by atoms with Crippen LogP contribution in [0.15, 0.2) is 180 Å². The Morgan fingerprint density at radius 2 is 1.00 bits per heavy atom. The quantitative estimate of drug-likeness (QED) is 0.107. The number of pyridine rings is 2. The minimum atomic E-state index is 0.0770. The van der Waals surface area contributed by atoms with Gasteiger partial charge in [-0.15, -0.1) is 0 Å². The van der Waals surface area contributed by atoms with Crippen molar-refractivity contribution in [2.24, 2.45) is 55.5 Å². The number of allylic oxidation sites excluding steroid dienone is 3. The molecule has 1 atom stereocenters. The topological polar surface area (TPSA) is 98.8 Å². The lowest BCUT2D eigenvalue weighted by Crippen LogP contribution is -2.20. The largest absolute Gasteiger partial charge is 0.351 e. The van der Waals surface area contributed by atoms with Gasteiger partial charge in [-0.1, -0.05) is 183 Å². The fraction of sp³-hybridized carbons (Fsp3) is 0.471. The van der Waals surface area contributed by atoms with Gasteiger partial charge in [-0.3, -0.25) is 9.59 Å². The van der Waals surface area contributed by atoms with E-state index in [1.165, 1.54) is 28.7 Å². The second-order valence-electron chi connectivity index (χ2n) is 23.0. The summed E-state index contributed by atoms with van der Waals surface area (Å²) in [6, 6.07) is 30.7. The van der Waals surface area contributed by atoms with Crippen LogP contribution in [0.25, 0.3) is 0 Å². The predicted molar refractivity (Wildman–Crippen MR) is 330 cm³/mol. The van der Waals surface area contributed by atoms with E-state index in [-0.39, 0.29) is 11.1 Å². The molecule has 0 N–H and O–H groups in total. The van der Waals surface area contributed by atoms with Gasteiger partial charge in [0.05, 0.1) is 0 Å². The second-order valence-corrected chi connectivity index (χ2v) is 23.0. The molecule has 0 aliphatic carbocycles. The average molecular weight is 1050 g/mol. The van der Waals surface area contributed by atoms with Crippen molar-refractivity contribution in [2.75, 3.05) is 7.05 Å². The minimum Gasteiger partial charge on any atom is -0.351 e. The zero-order valence-electron chi connectivity index (χ0n) is 50.9. The third-order valence-electron chi connectivity index (χ3n) is 11.9.